The van der Waals surface area contributed by atoms with Gasteiger partial charge in [-0.2, -0.15) is 4.57 Å². The molecule has 110 valence electrons. The summed E-state index contributed by atoms with van der Waals surface area (Å²) in [5.74, 6) is -0.0615. The Bertz CT molecular complexity index is 623. The molecule has 0 radical (unpaired) electrons. The van der Waals surface area contributed by atoms with Gasteiger partial charge in [0.1, 0.15) is 0 Å². The highest BCUT2D eigenvalue weighted by Gasteiger charge is 2.11. The van der Waals surface area contributed by atoms with Crippen LogP contribution in [0.3, 0.4) is 0 Å². The van der Waals surface area contributed by atoms with E-state index in [9.17, 15) is 4.79 Å². The van der Waals surface area contributed by atoms with Crippen molar-refractivity contribution in [2.75, 3.05) is 5.32 Å². The molecule has 0 aliphatic heterocycles. The Morgan fingerprint density at radius 3 is 2.62 bits per heavy atom. The Labute approximate surface area is 130 Å². The predicted molar refractivity (Wildman–Crippen MR) is 85.5 cm³/mol. The third-order valence-corrected chi connectivity index (χ3v) is 3.78. The number of nitrogens with one attached hydrogen (secondary N) is 1. The lowest BCUT2D eigenvalue weighted by Gasteiger charge is -2.08. The van der Waals surface area contributed by atoms with Crippen molar-refractivity contribution in [3.8, 4) is 0 Å². The van der Waals surface area contributed by atoms with Crippen LogP contribution in [0.2, 0.25) is 5.02 Å². The van der Waals surface area contributed by atoms with Crippen LogP contribution >= 0.6 is 11.6 Å². The van der Waals surface area contributed by atoms with Gasteiger partial charge in [-0.15, -0.1) is 0 Å². The largest absolute Gasteiger partial charge is 0.320 e. The number of pyridine rings is 1. The number of carbonyl (C=O) groups is 1. The summed E-state index contributed by atoms with van der Waals surface area (Å²) < 4.78 is 1.87. The summed E-state index contributed by atoms with van der Waals surface area (Å²) in [5.41, 5.74) is 2.94. The molecule has 0 aliphatic carbocycles. The van der Waals surface area contributed by atoms with Crippen LogP contribution < -0.4 is 9.88 Å². The van der Waals surface area contributed by atoms with E-state index in [1.54, 1.807) is 0 Å². The topological polar surface area (TPSA) is 33.0 Å². The van der Waals surface area contributed by atoms with Crippen LogP contribution in [0.15, 0.2) is 42.7 Å². The van der Waals surface area contributed by atoms with E-state index in [1.165, 1.54) is 5.56 Å². The molecule has 1 heterocycles. The summed E-state index contributed by atoms with van der Waals surface area (Å²) in [6, 6.07) is 9.61. The second kappa shape index (κ2) is 7.23. The van der Waals surface area contributed by atoms with Crippen LogP contribution in [0, 0.1) is 6.92 Å². The van der Waals surface area contributed by atoms with E-state index in [1.807, 2.05) is 42.1 Å². The van der Waals surface area contributed by atoms with E-state index in [-0.39, 0.29) is 5.91 Å². The Hall–Kier alpha value is -1.87. The standard InChI is InChI=1S/C17H19ClN2O/c1-3-5-14-8-10-20(11-9-14)12-17(21)19-16-7-4-6-15(18)13(16)2/h4,6-11H,3,5,12H2,1-2H3/p+1. The lowest BCUT2D eigenvalue weighted by molar-refractivity contribution is -0.684. The minimum absolute atomic E-state index is 0.0615. The lowest BCUT2D eigenvalue weighted by Crippen LogP contribution is -2.39. The number of rotatable bonds is 5. The van der Waals surface area contributed by atoms with Crippen LogP contribution in [0.5, 0.6) is 0 Å². The SMILES string of the molecule is CCCc1cc[n+](CC(=O)Nc2cccc(Cl)c2C)cc1. The van der Waals surface area contributed by atoms with Crippen LogP contribution in [-0.2, 0) is 17.8 Å². The van der Waals surface area contributed by atoms with Gasteiger partial charge in [-0.1, -0.05) is 31.0 Å². The first-order chi connectivity index (χ1) is 10.1. The number of aromatic nitrogens is 1. The maximum atomic E-state index is 12.1. The van der Waals surface area contributed by atoms with Crippen molar-refractivity contribution in [2.45, 2.75) is 33.2 Å². The fourth-order valence-electron chi connectivity index (χ4n) is 2.15. The fraction of sp³-hybridized carbons (Fsp3) is 0.294. The Morgan fingerprint density at radius 2 is 1.95 bits per heavy atom. The average molecular weight is 304 g/mol. The molecule has 1 aromatic carbocycles. The molecule has 0 aliphatic rings. The quantitative estimate of drug-likeness (QED) is 0.842. The molecule has 3 nitrogen and oxygen atoms in total. The van der Waals surface area contributed by atoms with Crippen molar-refractivity contribution in [3.05, 3.63) is 58.9 Å². The fourth-order valence-corrected chi connectivity index (χ4v) is 2.32. The molecule has 0 saturated carbocycles. The summed E-state index contributed by atoms with van der Waals surface area (Å²) in [6.45, 7) is 4.34. The number of amides is 1. The van der Waals surface area contributed by atoms with Gasteiger partial charge in [-0.25, -0.2) is 0 Å². The molecule has 1 amide bonds. The van der Waals surface area contributed by atoms with Gasteiger partial charge in [0, 0.05) is 22.8 Å². The van der Waals surface area contributed by atoms with Crippen molar-refractivity contribution < 1.29 is 9.36 Å². The summed E-state index contributed by atoms with van der Waals surface area (Å²) in [7, 11) is 0. The molecule has 0 bridgehead atoms. The average Bonchev–Trinajstić information content (AvgIpc) is 2.46. The zero-order valence-corrected chi connectivity index (χ0v) is 13.2. The molecule has 0 spiro atoms. The molecule has 1 N–H and O–H groups in total. The van der Waals surface area contributed by atoms with Crippen LogP contribution in [0.1, 0.15) is 24.5 Å². The highest BCUT2D eigenvalue weighted by Crippen LogP contribution is 2.22. The van der Waals surface area contributed by atoms with E-state index in [4.69, 9.17) is 11.6 Å². The van der Waals surface area contributed by atoms with E-state index >= 15 is 0 Å². The molecule has 4 heteroatoms. The normalized spacial score (nSPS) is 10.4. The van der Waals surface area contributed by atoms with Crippen molar-refractivity contribution >= 4 is 23.2 Å². The number of aryl methyl sites for hydroxylation is 1. The maximum absolute atomic E-state index is 12.1. The predicted octanol–water partition coefficient (Wildman–Crippen LogP) is 3.53. The second-order valence-corrected chi connectivity index (χ2v) is 5.50. The zero-order valence-electron chi connectivity index (χ0n) is 12.4. The smallest absolute Gasteiger partial charge is 0.290 e. The first kappa shape index (κ1) is 15.5. The molecule has 2 aromatic rings. The zero-order chi connectivity index (χ0) is 15.2. The number of anilines is 1. The summed E-state index contributed by atoms with van der Waals surface area (Å²) >= 11 is 6.05. The van der Waals surface area contributed by atoms with Gasteiger partial charge < -0.3 is 5.32 Å². The highest BCUT2D eigenvalue weighted by atomic mass is 35.5. The summed E-state index contributed by atoms with van der Waals surface area (Å²) in [5, 5.41) is 3.55. The van der Waals surface area contributed by atoms with Crippen LogP contribution in [0.25, 0.3) is 0 Å². The number of benzene rings is 1. The van der Waals surface area contributed by atoms with Gasteiger partial charge in [-0.3, -0.25) is 4.79 Å². The minimum Gasteiger partial charge on any atom is -0.320 e. The van der Waals surface area contributed by atoms with E-state index in [0.717, 1.165) is 24.1 Å². The molecule has 0 fully saturated rings. The lowest BCUT2D eigenvalue weighted by atomic mass is 10.1. The molecule has 0 unspecified atom stereocenters. The van der Waals surface area contributed by atoms with Gasteiger partial charge in [0.15, 0.2) is 12.4 Å². The number of halogens is 1. The first-order valence-electron chi connectivity index (χ1n) is 7.13. The molecule has 0 atom stereocenters. The van der Waals surface area contributed by atoms with Gasteiger partial charge in [-0.05, 0) is 36.6 Å². The van der Waals surface area contributed by atoms with Crippen molar-refractivity contribution in [2.24, 2.45) is 0 Å². The molecular weight excluding hydrogens is 284 g/mol. The van der Waals surface area contributed by atoms with E-state index in [2.05, 4.69) is 24.4 Å². The second-order valence-electron chi connectivity index (χ2n) is 5.09. The van der Waals surface area contributed by atoms with Gasteiger partial charge in [0.25, 0.3) is 5.91 Å². The molecule has 21 heavy (non-hydrogen) atoms. The van der Waals surface area contributed by atoms with Gasteiger partial charge in [0.05, 0.1) is 0 Å². The Morgan fingerprint density at radius 1 is 1.24 bits per heavy atom. The first-order valence-corrected chi connectivity index (χ1v) is 7.51. The molecule has 2 rings (SSSR count). The summed E-state index contributed by atoms with van der Waals surface area (Å²) in [6.07, 6.45) is 6.07. The Kier molecular flexibility index (Phi) is 5.34. The monoisotopic (exact) mass is 303 g/mol. The van der Waals surface area contributed by atoms with Crippen molar-refractivity contribution in [1.29, 1.82) is 0 Å². The number of carbonyl (C=O) groups excluding carboxylic acids is 1. The van der Waals surface area contributed by atoms with Gasteiger partial charge in [0.2, 0.25) is 6.54 Å². The molecular formula is C17H20ClN2O+. The number of nitrogens with zero attached hydrogens (tertiary/aromatic N) is 1. The van der Waals surface area contributed by atoms with Crippen molar-refractivity contribution in [1.82, 2.24) is 0 Å². The van der Waals surface area contributed by atoms with Crippen LogP contribution in [0.4, 0.5) is 5.69 Å². The molecule has 0 saturated heterocycles. The number of hydrogen-bond acceptors (Lipinski definition) is 1. The Balaban J connectivity index is 1.99. The van der Waals surface area contributed by atoms with Gasteiger partial charge >= 0.3 is 0 Å². The van der Waals surface area contributed by atoms with E-state index in [0.29, 0.717) is 11.6 Å². The third-order valence-electron chi connectivity index (χ3n) is 3.37. The highest BCUT2D eigenvalue weighted by molar-refractivity contribution is 6.31. The van der Waals surface area contributed by atoms with E-state index < -0.39 is 0 Å². The number of hydrogen-bond donors (Lipinski definition) is 1. The summed E-state index contributed by atoms with van der Waals surface area (Å²) in [4.78, 5) is 12.1. The molecule has 1 aromatic heterocycles. The minimum atomic E-state index is -0.0615. The van der Waals surface area contributed by atoms with Crippen LogP contribution in [-0.4, -0.2) is 5.91 Å². The van der Waals surface area contributed by atoms with Crippen molar-refractivity contribution in [3.63, 3.8) is 0 Å². The third kappa shape index (κ3) is 4.30. The maximum Gasteiger partial charge on any atom is 0.290 e.